The Morgan fingerprint density at radius 3 is 2.72 bits per heavy atom. The zero-order valence-electron chi connectivity index (χ0n) is 18.2. The molecule has 2 heterocycles. The molecule has 4 nitrogen and oxygen atoms in total. The summed E-state index contributed by atoms with van der Waals surface area (Å²) in [7, 11) is 1.78. The molecule has 0 saturated heterocycles. The van der Waals surface area contributed by atoms with Crippen molar-refractivity contribution < 1.29 is 13.6 Å². The number of carbonyl (C=O) groups is 1. The van der Waals surface area contributed by atoms with Crippen LogP contribution in [0.2, 0.25) is 0 Å². The van der Waals surface area contributed by atoms with E-state index in [1.54, 1.807) is 30.2 Å². The van der Waals surface area contributed by atoms with Crippen LogP contribution in [0.15, 0.2) is 48.8 Å². The second kappa shape index (κ2) is 8.01. The molecule has 0 unspecified atom stereocenters. The Morgan fingerprint density at radius 1 is 1.16 bits per heavy atom. The lowest BCUT2D eigenvalue weighted by Gasteiger charge is -2.33. The molecular formula is C26H25F2N3O. The summed E-state index contributed by atoms with van der Waals surface area (Å²) in [6, 6.07) is 9.69. The minimum absolute atomic E-state index is 0.0200. The maximum absolute atomic E-state index is 14.1. The van der Waals surface area contributed by atoms with Crippen LogP contribution in [0.1, 0.15) is 48.4 Å². The van der Waals surface area contributed by atoms with Crippen LogP contribution in [-0.4, -0.2) is 22.1 Å². The van der Waals surface area contributed by atoms with Crippen LogP contribution in [0, 0.1) is 0 Å². The van der Waals surface area contributed by atoms with E-state index in [1.165, 1.54) is 0 Å². The zero-order chi connectivity index (χ0) is 22.4. The molecule has 164 valence electrons. The third-order valence-electron chi connectivity index (χ3n) is 6.46. The first kappa shape index (κ1) is 20.6. The SMILES string of the molecule is CCC(=O)C1=CCc2ccc(N3CCCc4cc(-c5cnn(C)c5)c(C(F)F)cc43)cc21. The van der Waals surface area contributed by atoms with Crippen molar-refractivity contribution in [3.63, 3.8) is 0 Å². The van der Waals surface area contributed by atoms with E-state index in [2.05, 4.69) is 16.1 Å². The van der Waals surface area contributed by atoms with Crippen molar-refractivity contribution in [2.24, 2.45) is 7.05 Å². The van der Waals surface area contributed by atoms with Gasteiger partial charge in [-0.2, -0.15) is 5.10 Å². The van der Waals surface area contributed by atoms with Crippen molar-refractivity contribution in [3.8, 4) is 11.1 Å². The molecule has 6 heteroatoms. The van der Waals surface area contributed by atoms with Crippen molar-refractivity contribution >= 4 is 22.7 Å². The summed E-state index contributed by atoms with van der Waals surface area (Å²) in [4.78, 5) is 14.5. The van der Waals surface area contributed by atoms with E-state index in [-0.39, 0.29) is 11.3 Å². The van der Waals surface area contributed by atoms with E-state index in [0.717, 1.165) is 59.4 Å². The summed E-state index contributed by atoms with van der Waals surface area (Å²) in [5.74, 6) is 0.140. The summed E-state index contributed by atoms with van der Waals surface area (Å²) < 4.78 is 29.8. The molecule has 0 spiro atoms. The van der Waals surface area contributed by atoms with Gasteiger partial charge < -0.3 is 4.90 Å². The van der Waals surface area contributed by atoms with Crippen molar-refractivity contribution in [3.05, 3.63) is 71.1 Å². The van der Waals surface area contributed by atoms with E-state index >= 15 is 0 Å². The van der Waals surface area contributed by atoms with Gasteiger partial charge in [0.25, 0.3) is 6.43 Å². The highest BCUT2D eigenvalue weighted by Crippen LogP contribution is 2.42. The van der Waals surface area contributed by atoms with Crippen LogP contribution in [0.25, 0.3) is 16.7 Å². The molecule has 2 aromatic carbocycles. The molecule has 2 aliphatic rings. The molecule has 32 heavy (non-hydrogen) atoms. The van der Waals surface area contributed by atoms with Gasteiger partial charge in [0.15, 0.2) is 5.78 Å². The van der Waals surface area contributed by atoms with Gasteiger partial charge in [0, 0.05) is 54.3 Å². The van der Waals surface area contributed by atoms with Gasteiger partial charge in [0.1, 0.15) is 0 Å². The minimum atomic E-state index is -2.59. The number of ketones is 1. The second-order valence-corrected chi connectivity index (χ2v) is 8.47. The van der Waals surface area contributed by atoms with E-state index in [9.17, 15) is 13.6 Å². The summed E-state index contributed by atoms with van der Waals surface area (Å²) in [6.45, 7) is 2.62. The number of rotatable bonds is 5. The van der Waals surface area contributed by atoms with Crippen molar-refractivity contribution in [2.75, 3.05) is 11.4 Å². The lowest BCUT2D eigenvalue weighted by molar-refractivity contribution is -0.113. The number of aromatic nitrogens is 2. The molecule has 1 aliphatic heterocycles. The number of Topliss-reactive ketones (excluding diaryl/α,β-unsaturated/α-hetero) is 1. The summed E-state index contributed by atoms with van der Waals surface area (Å²) >= 11 is 0. The molecule has 1 aromatic heterocycles. The number of alkyl halides is 2. The number of carbonyl (C=O) groups excluding carboxylic acids is 1. The van der Waals surface area contributed by atoms with Crippen molar-refractivity contribution in [2.45, 2.75) is 39.0 Å². The quantitative estimate of drug-likeness (QED) is 0.493. The molecule has 0 N–H and O–H groups in total. The lowest BCUT2D eigenvalue weighted by Crippen LogP contribution is -2.25. The number of hydrogen-bond acceptors (Lipinski definition) is 3. The zero-order valence-corrected chi connectivity index (χ0v) is 18.2. The van der Waals surface area contributed by atoms with Crippen molar-refractivity contribution in [1.82, 2.24) is 9.78 Å². The van der Waals surface area contributed by atoms with Gasteiger partial charge >= 0.3 is 0 Å². The monoisotopic (exact) mass is 433 g/mol. The number of aryl methyl sites for hydroxylation is 2. The molecule has 0 amide bonds. The molecule has 0 bridgehead atoms. The van der Waals surface area contributed by atoms with Crippen LogP contribution in [0.4, 0.5) is 20.2 Å². The van der Waals surface area contributed by atoms with Crippen LogP contribution >= 0.6 is 0 Å². The fraction of sp³-hybridized carbons (Fsp3) is 0.308. The molecule has 0 radical (unpaired) electrons. The van der Waals surface area contributed by atoms with Gasteiger partial charge in [-0.3, -0.25) is 9.48 Å². The van der Waals surface area contributed by atoms with Gasteiger partial charge in [-0.1, -0.05) is 19.1 Å². The van der Waals surface area contributed by atoms with E-state index in [4.69, 9.17) is 0 Å². The van der Waals surface area contributed by atoms with Gasteiger partial charge in [-0.05, 0) is 65.8 Å². The topological polar surface area (TPSA) is 38.1 Å². The number of hydrogen-bond donors (Lipinski definition) is 0. The molecule has 1 aliphatic carbocycles. The van der Waals surface area contributed by atoms with Gasteiger partial charge in [-0.15, -0.1) is 0 Å². The van der Waals surface area contributed by atoms with Crippen molar-refractivity contribution in [1.29, 1.82) is 0 Å². The number of fused-ring (bicyclic) bond motifs is 2. The van der Waals surface area contributed by atoms with E-state index < -0.39 is 6.43 Å². The normalized spacial score (nSPS) is 15.0. The smallest absolute Gasteiger partial charge is 0.264 e. The van der Waals surface area contributed by atoms with Gasteiger partial charge in [0.05, 0.1) is 6.20 Å². The first-order chi connectivity index (χ1) is 15.5. The van der Waals surface area contributed by atoms with Crippen LogP contribution in [-0.2, 0) is 24.7 Å². The van der Waals surface area contributed by atoms with E-state index in [1.807, 2.05) is 31.2 Å². The molecule has 3 aromatic rings. The Bertz CT molecular complexity index is 1240. The molecule has 5 rings (SSSR count). The molecule has 0 atom stereocenters. The highest BCUT2D eigenvalue weighted by molar-refractivity contribution is 6.22. The van der Waals surface area contributed by atoms with Crippen LogP contribution in [0.5, 0.6) is 0 Å². The van der Waals surface area contributed by atoms with Crippen LogP contribution < -0.4 is 4.90 Å². The maximum atomic E-state index is 14.1. The number of halogens is 2. The summed E-state index contributed by atoms with van der Waals surface area (Å²) in [6.07, 6.45) is 5.82. The Kier molecular flexibility index (Phi) is 5.16. The fourth-order valence-electron chi connectivity index (χ4n) is 4.85. The van der Waals surface area contributed by atoms with Gasteiger partial charge in [0.2, 0.25) is 0 Å². The summed E-state index contributed by atoms with van der Waals surface area (Å²) in [5, 5.41) is 4.16. The summed E-state index contributed by atoms with van der Waals surface area (Å²) in [5.41, 5.74) is 6.98. The van der Waals surface area contributed by atoms with Crippen LogP contribution in [0.3, 0.4) is 0 Å². The standard InChI is InChI=1S/C26H25F2N3O/c1-3-25(32)20-9-7-16-6-8-19(12-22(16)20)31-10-4-5-17-11-21(18-14-29-30(2)15-18)23(26(27)28)13-24(17)31/h6,8-9,11-15,26H,3-5,7,10H2,1-2H3. The third kappa shape index (κ3) is 3.44. The van der Waals surface area contributed by atoms with Gasteiger partial charge in [-0.25, -0.2) is 8.78 Å². The second-order valence-electron chi connectivity index (χ2n) is 8.47. The Labute approximate surface area is 186 Å². The molecular weight excluding hydrogens is 408 g/mol. The highest BCUT2D eigenvalue weighted by Gasteiger charge is 2.26. The number of benzene rings is 2. The largest absolute Gasteiger partial charge is 0.341 e. The Hall–Kier alpha value is -3.28. The number of allylic oxidation sites excluding steroid dienone is 2. The maximum Gasteiger partial charge on any atom is 0.264 e. The predicted octanol–water partition coefficient (Wildman–Crippen LogP) is 6.03. The first-order valence-corrected chi connectivity index (χ1v) is 11.0. The number of nitrogens with zero attached hydrogens (tertiary/aromatic N) is 3. The highest BCUT2D eigenvalue weighted by atomic mass is 19.3. The number of anilines is 2. The third-order valence-corrected chi connectivity index (χ3v) is 6.46. The minimum Gasteiger partial charge on any atom is -0.341 e. The Balaban J connectivity index is 1.59. The average Bonchev–Trinajstić information content (AvgIpc) is 3.43. The predicted molar refractivity (Wildman–Crippen MR) is 122 cm³/mol. The first-order valence-electron chi connectivity index (χ1n) is 11.0. The average molecular weight is 434 g/mol. The Morgan fingerprint density at radius 2 is 2.00 bits per heavy atom. The lowest BCUT2D eigenvalue weighted by atomic mass is 9.92. The van der Waals surface area contributed by atoms with E-state index in [0.29, 0.717) is 17.5 Å². The molecule has 0 fully saturated rings. The molecule has 0 saturated carbocycles. The fourth-order valence-corrected chi connectivity index (χ4v) is 4.85.